The number of nitrogens with two attached hydrogens (primary N) is 1. The van der Waals surface area contributed by atoms with E-state index in [0.29, 0.717) is 28.7 Å². The second-order valence-corrected chi connectivity index (χ2v) is 8.37. The van der Waals surface area contributed by atoms with E-state index in [1.807, 2.05) is 0 Å². The number of carbonyl (C=O) groups excluding carboxylic acids is 2. The number of rotatable bonds is 6. The fraction of sp³-hybridized carbons (Fsp3) is 0.348. The number of hydrogen-bond donors (Lipinski definition) is 3. The Hall–Kier alpha value is -3.60. The Bertz CT molecular complexity index is 1290. The maximum Gasteiger partial charge on any atom is 0.433 e. The molecule has 11 heteroatoms. The van der Waals surface area contributed by atoms with Gasteiger partial charge in [-0.2, -0.15) is 13.2 Å². The van der Waals surface area contributed by atoms with Gasteiger partial charge in [0.2, 0.25) is 5.91 Å². The number of ether oxygens (including phenoxy) is 1. The highest BCUT2D eigenvalue weighted by Crippen LogP contribution is 2.41. The molecule has 2 amide bonds. The van der Waals surface area contributed by atoms with E-state index in [1.165, 1.54) is 13.0 Å². The van der Waals surface area contributed by atoms with Crippen LogP contribution in [0.15, 0.2) is 34.9 Å². The third kappa shape index (κ3) is 4.07. The van der Waals surface area contributed by atoms with Crippen LogP contribution in [0.4, 0.5) is 13.2 Å². The molecular formula is C23H22F3N3O5. The molecule has 0 spiro atoms. The summed E-state index contributed by atoms with van der Waals surface area (Å²) in [7, 11) is 0. The SMILES string of the molecule is Cc1oc2ccc(O[C@@H]3CCc4c3ccnc4C(F)(F)F)cc2c1C(=O)N[C@](C)(CO)C(N)=O. The summed E-state index contributed by atoms with van der Waals surface area (Å²) in [5.74, 6) is -1.01. The number of nitrogens with zero attached hydrogens (tertiary/aromatic N) is 1. The number of amides is 2. The number of benzene rings is 1. The van der Waals surface area contributed by atoms with Crippen molar-refractivity contribution in [3.05, 3.63) is 58.6 Å². The van der Waals surface area contributed by atoms with E-state index < -0.39 is 41.9 Å². The highest BCUT2D eigenvalue weighted by molar-refractivity contribution is 6.09. The molecule has 1 aliphatic rings. The van der Waals surface area contributed by atoms with Crippen LogP contribution < -0.4 is 15.8 Å². The monoisotopic (exact) mass is 477 g/mol. The largest absolute Gasteiger partial charge is 0.486 e. The zero-order valence-corrected chi connectivity index (χ0v) is 18.3. The Morgan fingerprint density at radius 2 is 2.06 bits per heavy atom. The number of alkyl halides is 3. The summed E-state index contributed by atoms with van der Waals surface area (Å²) >= 11 is 0. The van der Waals surface area contributed by atoms with Crippen LogP contribution in [-0.2, 0) is 17.4 Å². The maximum atomic E-state index is 13.3. The molecule has 0 bridgehead atoms. The number of furan rings is 1. The third-order valence-electron chi connectivity index (χ3n) is 5.95. The summed E-state index contributed by atoms with van der Waals surface area (Å²) in [6, 6.07) is 6.24. The van der Waals surface area contributed by atoms with E-state index in [-0.39, 0.29) is 23.3 Å². The molecule has 0 radical (unpaired) electrons. The summed E-state index contributed by atoms with van der Waals surface area (Å²) in [6.45, 7) is 2.16. The van der Waals surface area contributed by atoms with Crippen molar-refractivity contribution in [1.82, 2.24) is 10.3 Å². The number of primary amides is 1. The summed E-state index contributed by atoms with van der Waals surface area (Å²) in [5.41, 5.74) is 3.74. The van der Waals surface area contributed by atoms with Gasteiger partial charge in [-0.25, -0.2) is 0 Å². The lowest BCUT2D eigenvalue weighted by Gasteiger charge is -2.24. The lowest BCUT2D eigenvalue weighted by molar-refractivity contribution is -0.141. The zero-order chi connectivity index (χ0) is 24.8. The molecule has 1 aliphatic carbocycles. The number of fused-ring (bicyclic) bond motifs is 2. The van der Waals surface area contributed by atoms with Crippen molar-refractivity contribution in [3.8, 4) is 5.75 Å². The molecule has 2 heterocycles. The van der Waals surface area contributed by atoms with Crippen molar-refractivity contribution in [2.45, 2.75) is 44.5 Å². The van der Waals surface area contributed by atoms with Crippen molar-refractivity contribution in [2.75, 3.05) is 6.61 Å². The van der Waals surface area contributed by atoms with Crippen molar-refractivity contribution >= 4 is 22.8 Å². The Morgan fingerprint density at radius 3 is 2.71 bits per heavy atom. The second-order valence-electron chi connectivity index (χ2n) is 8.37. The van der Waals surface area contributed by atoms with E-state index in [2.05, 4.69) is 10.3 Å². The van der Waals surface area contributed by atoms with E-state index in [9.17, 15) is 27.9 Å². The number of halogens is 3. The predicted molar refractivity (Wildman–Crippen MR) is 114 cm³/mol. The zero-order valence-electron chi connectivity index (χ0n) is 18.3. The van der Waals surface area contributed by atoms with Crippen LogP contribution in [0, 0.1) is 6.92 Å². The first-order chi connectivity index (χ1) is 15.9. The molecule has 0 fully saturated rings. The minimum atomic E-state index is -4.55. The first-order valence-corrected chi connectivity index (χ1v) is 10.4. The van der Waals surface area contributed by atoms with Crippen LogP contribution in [0.1, 0.15) is 52.4 Å². The number of carbonyl (C=O) groups is 2. The van der Waals surface area contributed by atoms with Crippen LogP contribution in [0.25, 0.3) is 11.0 Å². The highest BCUT2D eigenvalue weighted by atomic mass is 19.4. The molecule has 0 saturated heterocycles. The third-order valence-corrected chi connectivity index (χ3v) is 5.95. The average Bonchev–Trinajstić information content (AvgIpc) is 3.32. The van der Waals surface area contributed by atoms with Crippen molar-refractivity contribution < 1.29 is 37.0 Å². The molecule has 4 rings (SSSR count). The van der Waals surface area contributed by atoms with Gasteiger partial charge in [-0.1, -0.05) is 0 Å². The number of aliphatic hydroxyl groups is 1. The van der Waals surface area contributed by atoms with Crippen LogP contribution in [0.3, 0.4) is 0 Å². The average molecular weight is 477 g/mol. The summed E-state index contributed by atoms with van der Waals surface area (Å²) < 4.78 is 51.5. The van der Waals surface area contributed by atoms with Gasteiger partial charge in [0, 0.05) is 11.6 Å². The number of aryl methyl sites for hydroxylation is 1. The molecule has 1 aromatic carbocycles. The van der Waals surface area contributed by atoms with Gasteiger partial charge in [0.1, 0.15) is 34.4 Å². The quantitative estimate of drug-likeness (QED) is 0.500. The first-order valence-electron chi connectivity index (χ1n) is 10.4. The Morgan fingerprint density at radius 1 is 1.32 bits per heavy atom. The minimum Gasteiger partial charge on any atom is -0.486 e. The molecule has 8 nitrogen and oxygen atoms in total. The highest BCUT2D eigenvalue weighted by Gasteiger charge is 2.39. The van der Waals surface area contributed by atoms with Crippen LogP contribution in [-0.4, -0.2) is 34.1 Å². The van der Waals surface area contributed by atoms with E-state index in [1.54, 1.807) is 25.1 Å². The normalized spacial score (nSPS) is 17.3. The fourth-order valence-corrected chi connectivity index (χ4v) is 4.08. The van der Waals surface area contributed by atoms with Crippen LogP contribution in [0.5, 0.6) is 5.75 Å². The van der Waals surface area contributed by atoms with Crippen LogP contribution >= 0.6 is 0 Å². The molecule has 4 N–H and O–H groups in total. The Labute approximate surface area is 191 Å². The molecule has 3 aromatic rings. The van der Waals surface area contributed by atoms with Gasteiger partial charge < -0.3 is 25.3 Å². The molecule has 2 atom stereocenters. The lowest BCUT2D eigenvalue weighted by atomic mass is 10.0. The fourth-order valence-electron chi connectivity index (χ4n) is 4.08. The molecule has 0 saturated carbocycles. The van der Waals surface area contributed by atoms with Crippen LogP contribution in [0.2, 0.25) is 0 Å². The maximum absolute atomic E-state index is 13.3. The van der Waals surface area contributed by atoms with Crippen molar-refractivity contribution in [1.29, 1.82) is 0 Å². The van der Waals surface area contributed by atoms with Gasteiger partial charge in [0.05, 0.1) is 12.2 Å². The number of aliphatic hydroxyl groups excluding tert-OH is 1. The topological polar surface area (TPSA) is 128 Å². The van der Waals surface area contributed by atoms with Gasteiger partial charge in [-0.15, -0.1) is 0 Å². The van der Waals surface area contributed by atoms with E-state index >= 15 is 0 Å². The minimum absolute atomic E-state index is 0.120. The van der Waals surface area contributed by atoms with E-state index in [4.69, 9.17) is 14.9 Å². The molecule has 2 aromatic heterocycles. The number of nitrogens with one attached hydrogen (secondary N) is 1. The van der Waals surface area contributed by atoms with Gasteiger partial charge in [-0.05, 0) is 62.1 Å². The van der Waals surface area contributed by atoms with Gasteiger partial charge in [0.15, 0.2) is 0 Å². The van der Waals surface area contributed by atoms with Crippen molar-refractivity contribution in [2.24, 2.45) is 5.73 Å². The van der Waals surface area contributed by atoms with Gasteiger partial charge in [0.25, 0.3) is 5.91 Å². The number of aromatic nitrogens is 1. The number of hydrogen-bond acceptors (Lipinski definition) is 6. The molecule has 180 valence electrons. The summed E-state index contributed by atoms with van der Waals surface area (Å²) in [4.78, 5) is 28.1. The van der Waals surface area contributed by atoms with Gasteiger partial charge in [-0.3, -0.25) is 14.6 Å². The molecule has 34 heavy (non-hydrogen) atoms. The lowest BCUT2D eigenvalue weighted by Crippen LogP contribution is -2.57. The van der Waals surface area contributed by atoms with E-state index in [0.717, 1.165) is 6.20 Å². The molecular weight excluding hydrogens is 455 g/mol. The summed E-state index contributed by atoms with van der Waals surface area (Å²) in [6.07, 6.45) is -3.53. The molecule has 0 unspecified atom stereocenters. The summed E-state index contributed by atoms with van der Waals surface area (Å²) in [5, 5.41) is 12.3. The van der Waals surface area contributed by atoms with Crippen molar-refractivity contribution in [3.63, 3.8) is 0 Å². The molecule has 0 aliphatic heterocycles. The Balaban J connectivity index is 1.65. The smallest absolute Gasteiger partial charge is 0.433 e. The second kappa shape index (κ2) is 8.32. The Kier molecular flexibility index (Phi) is 5.76. The predicted octanol–water partition coefficient (Wildman–Crippen LogP) is 3.19. The first kappa shape index (κ1) is 23.6. The standard InChI is InChI=1S/C23H22F3N3O5/c1-11-18(20(31)29-22(2,10-30)21(27)32)15-9-12(3-5-17(15)33-11)34-16-6-4-14-13(16)7-8-28-19(14)23(24,25)26/h3,5,7-9,16,30H,4,6,10H2,1-2H3,(H2,27,32)(H,29,31)/t16-,22-/m1/s1. The number of pyridine rings is 1. The van der Waals surface area contributed by atoms with Gasteiger partial charge >= 0.3 is 6.18 Å².